The molecule has 0 radical (unpaired) electrons. The van der Waals surface area contributed by atoms with Crippen LogP contribution < -0.4 is 4.74 Å². The average Bonchev–Trinajstić information content (AvgIpc) is 2.16. The Morgan fingerprint density at radius 2 is 2.31 bits per heavy atom. The number of phenolic OH excluding ortho intramolecular Hbond substituents is 1. The molecule has 0 aromatic heterocycles. The molecule has 0 heterocycles. The lowest BCUT2D eigenvalue weighted by molar-refractivity contribution is 0.373. The minimum absolute atomic E-state index is 0.185. The van der Waals surface area contributed by atoms with Crippen LogP contribution in [0.4, 0.5) is 0 Å². The van der Waals surface area contributed by atoms with Crippen molar-refractivity contribution in [3.05, 3.63) is 36.4 Å². The molecule has 0 aliphatic carbocycles. The predicted molar refractivity (Wildman–Crippen MR) is 53.2 cm³/mol. The van der Waals surface area contributed by atoms with Gasteiger partial charge in [0.2, 0.25) is 0 Å². The number of aryl methyl sites for hydroxylation is 1. The van der Waals surface area contributed by atoms with Crippen LogP contribution in [0.25, 0.3) is 0 Å². The van der Waals surface area contributed by atoms with Crippen molar-refractivity contribution >= 4 is 0 Å². The van der Waals surface area contributed by atoms with Crippen molar-refractivity contribution in [1.29, 1.82) is 0 Å². The van der Waals surface area contributed by atoms with E-state index in [9.17, 15) is 5.11 Å². The Kier molecular flexibility index (Phi) is 3.38. The second kappa shape index (κ2) is 4.55. The van der Waals surface area contributed by atoms with Gasteiger partial charge in [0.15, 0.2) is 11.5 Å². The molecule has 1 aromatic rings. The molecule has 1 rings (SSSR count). The van der Waals surface area contributed by atoms with Crippen molar-refractivity contribution in [2.75, 3.05) is 7.11 Å². The fraction of sp³-hybridized carbons (Fsp3) is 0.273. The van der Waals surface area contributed by atoms with E-state index in [2.05, 4.69) is 6.58 Å². The summed E-state index contributed by atoms with van der Waals surface area (Å²) in [6.07, 6.45) is 3.74. The Morgan fingerprint density at radius 1 is 1.54 bits per heavy atom. The van der Waals surface area contributed by atoms with Crippen molar-refractivity contribution in [1.82, 2.24) is 0 Å². The van der Waals surface area contributed by atoms with Crippen LogP contribution >= 0.6 is 0 Å². The third-order valence-corrected chi connectivity index (χ3v) is 1.88. The van der Waals surface area contributed by atoms with Crippen LogP contribution in [0, 0.1) is 0 Å². The fourth-order valence-electron chi connectivity index (χ4n) is 1.15. The van der Waals surface area contributed by atoms with Crippen LogP contribution in [0.3, 0.4) is 0 Å². The first-order valence-electron chi connectivity index (χ1n) is 4.24. The Labute approximate surface area is 78.5 Å². The van der Waals surface area contributed by atoms with Crippen molar-refractivity contribution in [2.24, 2.45) is 0 Å². The summed E-state index contributed by atoms with van der Waals surface area (Å²) in [5.74, 6) is 0.714. The first-order valence-corrected chi connectivity index (χ1v) is 4.24. The monoisotopic (exact) mass is 178 g/mol. The molecule has 0 saturated heterocycles. The minimum atomic E-state index is 0.185. The highest BCUT2D eigenvalue weighted by Gasteiger charge is 2.01. The van der Waals surface area contributed by atoms with Crippen molar-refractivity contribution < 1.29 is 9.84 Å². The second-order valence-corrected chi connectivity index (χ2v) is 2.83. The molecule has 0 unspecified atom stereocenters. The fourth-order valence-corrected chi connectivity index (χ4v) is 1.15. The maximum Gasteiger partial charge on any atom is 0.160 e. The average molecular weight is 178 g/mol. The molecular weight excluding hydrogens is 164 g/mol. The van der Waals surface area contributed by atoms with Gasteiger partial charge in [-0.25, -0.2) is 0 Å². The zero-order chi connectivity index (χ0) is 9.68. The van der Waals surface area contributed by atoms with Crippen LogP contribution in [-0.2, 0) is 6.42 Å². The number of rotatable bonds is 4. The van der Waals surface area contributed by atoms with Gasteiger partial charge in [-0.3, -0.25) is 0 Å². The van der Waals surface area contributed by atoms with Gasteiger partial charge in [0.1, 0.15) is 0 Å². The third kappa shape index (κ3) is 2.51. The standard InChI is InChI=1S/C11H14O2/c1-3-4-5-9-6-7-10(12)11(8-9)13-2/h3,6-8,12H,1,4-5H2,2H3. The molecule has 2 heteroatoms. The molecule has 0 saturated carbocycles. The van der Waals surface area contributed by atoms with Gasteiger partial charge in [-0.15, -0.1) is 6.58 Å². The van der Waals surface area contributed by atoms with Crippen molar-refractivity contribution in [2.45, 2.75) is 12.8 Å². The molecule has 0 aliphatic heterocycles. The van der Waals surface area contributed by atoms with Crippen LogP contribution in [0.15, 0.2) is 30.9 Å². The molecule has 70 valence electrons. The van der Waals surface area contributed by atoms with E-state index in [4.69, 9.17) is 4.74 Å². The molecule has 1 aromatic carbocycles. The summed E-state index contributed by atoms with van der Waals surface area (Å²) in [5, 5.41) is 9.32. The number of allylic oxidation sites excluding steroid dienone is 1. The van der Waals surface area contributed by atoms with Gasteiger partial charge < -0.3 is 9.84 Å². The van der Waals surface area contributed by atoms with Crippen LogP contribution in [0.5, 0.6) is 11.5 Å². The van der Waals surface area contributed by atoms with E-state index < -0.39 is 0 Å². The van der Waals surface area contributed by atoms with Crippen LogP contribution in [-0.4, -0.2) is 12.2 Å². The number of aromatic hydroxyl groups is 1. The maximum atomic E-state index is 9.32. The van der Waals surface area contributed by atoms with Gasteiger partial charge in [0.25, 0.3) is 0 Å². The quantitative estimate of drug-likeness (QED) is 0.718. The van der Waals surface area contributed by atoms with E-state index >= 15 is 0 Å². The van der Waals surface area contributed by atoms with E-state index in [0.29, 0.717) is 5.75 Å². The number of phenols is 1. The summed E-state index contributed by atoms with van der Waals surface area (Å²) in [7, 11) is 1.55. The number of hydrogen-bond acceptors (Lipinski definition) is 2. The summed E-state index contributed by atoms with van der Waals surface area (Å²) < 4.78 is 4.99. The van der Waals surface area contributed by atoms with Crippen molar-refractivity contribution in [3.63, 3.8) is 0 Å². The Balaban J connectivity index is 2.79. The predicted octanol–water partition coefficient (Wildman–Crippen LogP) is 2.52. The Hall–Kier alpha value is -1.44. The van der Waals surface area contributed by atoms with Gasteiger partial charge in [0, 0.05) is 0 Å². The third-order valence-electron chi connectivity index (χ3n) is 1.88. The van der Waals surface area contributed by atoms with Crippen molar-refractivity contribution in [3.8, 4) is 11.5 Å². The Bertz CT molecular complexity index is 292. The molecule has 13 heavy (non-hydrogen) atoms. The van der Waals surface area contributed by atoms with E-state index in [1.807, 2.05) is 18.2 Å². The molecule has 0 amide bonds. The highest BCUT2D eigenvalue weighted by molar-refractivity contribution is 5.41. The molecule has 0 fully saturated rings. The molecule has 0 spiro atoms. The summed E-state index contributed by atoms with van der Waals surface area (Å²) in [5.41, 5.74) is 1.15. The molecule has 1 N–H and O–H groups in total. The lowest BCUT2D eigenvalue weighted by atomic mass is 10.1. The summed E-state index contributed by atoms with van der Waals surface area (Å²) in [4.78, 5) is 0. The van der Waals surface area contributed by atoms with Gasteiger partial charge in [0.05, 0.1) is 7.11 Å². The largest absolute Gasteiger partial charge is 0.504 e. The van der Waals surface area contributed by atoms with E-state index in [1.54, 1.807) is 13.2 Å². The zero-order valence-electron chi connectivity index (χ0n) is 7.79. The first kappa shape index (κ1) is 9.65. The number of ether oxygens (including phenoxy) is 1. The molecule has 2 nitrogen and oxygen atoms in total. The summed E-state index contributed by atoms with van der Waals surface area (Å²) in [6, 6.07) is 5.39. The molecule has 0 atom stereocenters. The van der Waals surface area contributed by atoms with E-state index in [0.717, 1.165) is 18.4 Å². The smallest absolute Gasteiger partial charge is 0.160 e. The highest BCUT2D eigenvalue weighted by atomic mass is 16.5. The number of methoxy groups -OCH3 is 1. The van der Waals surface area contributed by atoms with Gasteiger partial charge in [-0.2, -0.15) is 0 Å². The minimum Gasteiger partial charge on any atom is -0.504 e. The number of hydrogen-bond donors (Lipinski definition) is 1. The normalized spacial score (nSPS) is 9.62. The summed E-state index contributed by atoms with van der Waals surface area (Å²) in [6.45, 7) is 3.66. The lowest BCUT2D eigenvalue weighted by Gasteiger charge is -2.05. The highest BCUT2D eigenvalue weighted by Crippen LogP contribution is 2.26. The molecule has 0 bridgehead atoms. The maximum absolute atomic E-state index is 9.32. The van der Waals surface area contributed by atoms with Crippen LogP contribution in [0.1, 0.15) is 12.0 Å². The Morgan fingerprint density at radius 3 is 2.92 bits per heavy atom. The van der Waals surface area contributed by atoms with E-state index in [1.165, 1.54) is 0 Å². The number of benzene rings is 1. The van der Waals surface area contributed by atoms with Gasteiger partial charge in [-0.1, -0.05) is 12.1 Å². The second-order valence-electron chi connectivity index (χ2n) is 2.83. The summed E-state index contributed by atoms with van der Waals surface area (Å²) >= 11 is 0. The topological polar surface area (TPSA) is 29.5 Å². The molecular formula is C11H14O2. The van der Waals surface area contributed by atoms with E-state index in [-0.39, 0.29) is 5.75 Å². The van der Waals surface area contributed by atoms with Crippen LogP contribution in [0.2, 0.25) is 0 Å². The molecule has 0 aliphatic rings. The zero-order valence-corrected chi connectivity index (χ0v) is 7.79. The van der Waals surface area contributed by atoms with Gasteiger partial charge >= 0.3 is 0 Å². The van der Waals surface area contributed by atoms with Gasteiger partial charge in [-0.05, 0) is 30.5 Å². The lowest BCUT2D eigenvalue weighted by Crippen LogP contribution is -1.87. The first-order chi connectivity index (χ1) is 6.27. The SMILES string of the molecule is C=CCCc1ccc(O)c(OC)c1.